The van der Waals surface area contributed by atoms with Gasteiger partial charge in [0.2, 0.25) is 0 Å². The van der Waals surface area contributed by atoms with Crippen LogP contribution in [0.5, 0.6) is 11.5 Å². The molecule has 0 aliphatic heterocycles. The van der Waals surface area contributed by atoms with Gasteiger partial charge in [0.05, 0.1) is 0 Å². The van der Waals surface area contributed by atoms with Crippen molar-refractivity contribution in [2.75, 3.05) is 5.73 Å². The maximum Gasteiger partial charge on any atom is 0.412 e. The molecule has 0 aliphatic rings. The van der Waals surface area contributed by atoms with Crippen molar-refractivity contribution in [1.29, 1.82) is 0 Å². The Hall–Kier alpha value is -3.09. The van der Waals surface area contributed by atoms with Gasteiger partial charge in [0, 0.05) is 18.0 Å². The Bertz CT molecular complexity index is 700. The van der Waals surface area contributed by atoms with E-state index in [1.54, 1.807) is 24.3 Å². The van der Waals surface area contributed by atoms with Crippen LogP contribution in [-0.4, -0.2) is 17.0 Å². The first kappa shape index (κ1) is 14.3. The number of hydrogen-bond donors (Lipinski definition) is 2. The van der Waals surface area contributed by atoms with Gasteiger partial charge < -0.3 is 20.9 Å². The molecular weight excluding hydrogens is 274 g/mol. The van der Waals surface area contributed by atoms with E-state index in [2.05, 4.69) is 9.72 Å². The quantitative estimate of drug-likeness (QED) is 0.506. The molecule has 0 bridgehead atoms. The summed E-state index contributed by atoms with van der Waals surface area (Å²) in [5.74, 6) is -0.0193. The molecule has 4 N–H and O–H groups in total. The highest BCUT2D eigenvalue weighted by Crippen LogP contribution is 2.24. The van der Waals surface area contributed by atoms with Crippen LogP contribution in [-0.2, 0) is 4.74 Å². The van der Waals surface area contributed by atoms with Gasteiger partial charge in [-0.15, -0.1) is 0 Å². The molecule has 0 saturated heterocycles. The zero-order valence-corrected chi connectivity index (χ0v) is 11.2. The van der Waals surface area contributed by atoms with Gasteiger partial charge in [-0.05, 0) is 36.8 Å². The lowest BCUT2D eigenvalue weighted by Gasteiger charge is -2.08. The predicted octanol–water partition coefficient (Wildman–Crippen LogP) is 2.00. The molecule has 0 aliphatic carbocycles. The largest absolute Gasteiger partial charge is 0.457 e. The van der Waals surface area contributed by atoms with Crippen LogP contribution < -0.4 is 16.2 Å². The summed E-state index contributed by atoms with van der Waals surface area (Å²) in [6.07, 6.45) is 0.166. The zero-order valence-electron chi connectivity index (χ0n) is 11.2. The van der Waals surface area contributed by atoms with E-state index in [-0.39, 0.29) is 5.69 Å². The lowest BCUT2D eigenvalue weighted by atomic mass is 10.2. The number of pyridine rings is 1. The van der Waals surface area contributed by atoms with Crippen LogP contribution in [0.1, 0.15) is 16.1 Å². The minimum Gasteiger partial charge on any atom is -0.457 e. The number of benzene rings is 1. The molecule has 0 atom stereocenters. The number of carbonyl (C=O) groups excluding carboxylic acids is 2. The average Bonchev–Trinajstić information content (AvgIpc) is 2.42. The molecule has 0 spiro atoms. The van der Waals surface area contributed by atoms with Gasteiger partial charge in [-0.25, -0.2) is 14.6 Å². The first-order valence-corrected chi connectivity index (χ1v) is 5.97. The highest BCUT2D eigenvalue weighted by atomic mass is 16.6. The molecule has 7 nitrogen and oxygen atoms in total. The summed E-state index contributed by atoms with van der Waals surface area (Å²) in [5, 5.41) is 0. The molecule has 1 aromatic carbocycles. The van der Waals surface area contributed by atoms with Crippen LogP contribution in [0.25, 0.3) is 0 Å². The Kier molecular flexibility index (Phi) is 4.03. The van der Waals surface area contributed by atoms with E-state index in [1.807, 2.05) is 6.92 Å². The molecule has 2 aromatic rings. The molecule has 0 saturated carbocycles. The number of rotatable bonds is 3. The second-order valence-electron chi connectivity index (χ2n) is 4.21. The van der Waals surface area contributed by atoms with Crippen molar-refractivity contribution >= 4 is 17.7 Å². The highest BCUT2D eigenvalue weighted by molar-refractivity contribution is 5.94. The summed E-state index contributed by atoms with van der Waals surface area (Å²) < 4.78 is 9.83. The maximum absolute atomic E-state index is 11.5. The molecule has 0 fully saturated rings. The average molecular weight is 287 g/mol. The monoisotopic (exact) mass is 287 g/mol. The molecule has 1 aromatic heterocycles. The number of nitrogens with zero attached hydrogens (tertiary/aromatic N) is 1. The van der Waals surface area contributed by atoms with Crippen LogP contribution in [0.3, 0.4) is 0 Å². The molecule has 1 heterocycles. The van der Waals surface area contributed by atoms with Gasteiger partial charge in [-0.3, -0.25) is 0 Å². The number of esters is 1. The normalized spacial score (nSPS) is 9.95. The fraction of sp³-hybridized carbons (Fsp3) is 0.0714. The van der Waals surface area contributed by atoms with E-state index < -0.39 is 12.1 Å². The highest BCUT2D eigenvalue weighted by Gasteiger charge is 2.13. The molecule has 0 unspecified atom stereocenters. The molecule has 2 rings (SSSR count). The van der Waals surface area contributed by atoms with E-state index in [0.29, 0.717) is 17.2 Å². The third-order valence-electron chi connectivity index (χ3n) is 2.61. The van der Waals surface area contributed by atoms with Gasteiger partial charge in [-0.1, -0.05) is 0 Å². The Morgan fingerprint density at radius 3 is 2.52 bits per heavy atom. The van der Waals surface area contributed by atoms with Gasteiger partial charge in [0.25, 0.3) is 0 Å². The third kappa shape index (κ3) is 3.69. The second-order valence-corrected chi connectivity index (χ2v) is 4.21. The van der Waals surface area contributed by atoms with Crippen molar-refractivity contribution in [3.8, 4) is 11.5 Å². The van der Waals surface area contributed by atoms with Crippen LogP contribution >= 0.6 is 0 Å². The van der Waals surface area contributed by atoms with Gasteiger partial charge in [0.1, 0.15) is 11.5 Å². The molecule has 108 valence electrons. The summed E-state index contributed by atoms with van der Waals surface area (Å²) in [7, 11) is 0. The van der Waals surface area contributed by atoms with Crippen molar-refractivity contribution in [1.82, 2.24) is 4.98 Å². The molecule has 7 heteroatoms. The lowest BCUT2D eigenvalue weighted by molar-refractivity contribution is 0.0631. The van der Waals surface area contributed by atoms with Crippen LogP contribution in [0.15, 0.2) is 36.5 Å². The fourth-order valence-corrected chi connectivity index (χ4v) is 1.58. The predicted molar refractivity (Wildman–Crippen MR) is 74.9 cm³/mol. The standard InChI is InChI=1S/C14H13N3O4/c1-8-6-9(2-3-11(8)15)20-10-4-5-17-12(7-10)13(18)21-14(16)19/h2-7H,15H2,1H3,(H2,16,19). The van der Waals surface area contributed by atoms with E-state index in [0.717, 1.165) is 5.56 Å². The number of anilines is 1. The number of primary amides is 1. The van der Waals surface area contributed by atoms with E-state index in [4.69, 9.17) is 16.2 Å². The Morgan fingerprint density at radius 2 is 1.86 bits per heavy atom. The third-order valence-corrected chi connectivity index (χ3v) is 2.61. The number of carbonyl (C=O) groups is 2. The maximum atomic E-state index is 11.5. The molecule has 0 radical (unpaired) electrons. The number of aromatic nitrogens is 1. The summed E-state index contributed by atoms with van der Waals surface area (Å²) in [5.41, 5.74) is 11.9. The Morgan fingerprint density at radius 1 is 1.14 bits per heavy atom. The van der Waals surface area contributed by atoms with Crippen molar-refractivity contribution in [3.63, 3.8) is 0 Å². The van der Waals surface area contributed by atoms with Gasteiger partial charge >= 0.3 is 12.1 Å². The number of amides is 1. The van der Waals surface area contributed by atoms with Crippen LogP contribution in [0, 0.1) is 6.92 Å². The molecular formula is C14H13N3O4. The van der Waals surface area contributed by atoms with Crippen LogP contribution in [0.2, 0.25) is 0 Å². The first-order valence-electron chi connectivity index (χ1n) is 5.97. The van der Waals surface area contributed by atoms with E-state index in [1.165, 1.54) is 12.3 Å². The van der Waals surface area contributed by atoms with Crippen molar-refractivity contribution < 1.29 is 19.1 Å². The summed E-state index contributed by atoms with van der Waals surface area (Å²) in [4.78, 5) is 25.8. The zero-order chi connectivity index (χ0) is 15.4. The van der Waals surface area contributed by atoms with Gasteiger partial charge in [0.15, 0.2) is 5.69 Å². The number of hydrogen-bond acceptors (Lipinski definition) is 6. The van der Waals surface area contributed by atoms with Crippen molar-refractivity contribution in [3.05, 3.63) is 47.8 Å². The minimum absolute atomic E-state index is 0.0848. The minimum atomic E-state index is -1.19. The van der Waals surface area contributed by atoms with Crippen LogP contribution in [0.4, 0.5) is 10.5 Å². The lowest BCUT2D eigenvalue weighted by Crippen LogP contribution is -2.19. The van der Waals surface area contributed by atoms with Gasteiger partial charge in [-0.2, -0.15) is 0 Å². The summed E-state index contributed by atoms with van der Waals surface area (Å²) in [6, 6.07) is 8.08. The number of nitrogens with two attached hydrogens (primary N) is 2. The Balaban J connectivity index is 2.19. The van der Waals surface area contributed by atoms with E-state index in [9.17, 15) is 9.59 Å². The number of nitrogen functional groups attached to an aromatic ring is 1. The molecule has 1 amide bonds. The SMILES string of the molecule is Cc1cc(Oc2ccnc(C(=O)OC(N)=O)c2)ccc1N. The second kappa shape index (κ2) is 5.91. The fourth-order valence-electron chi connectivity index (χ4n) is 1.58. The summed E-state index contributed by atoms with van der Waals surface area (Å²) >= 11 is 0. The van der Waals surface area contributed by atoms with Crippen molar-refractivity contribution in [2.24, 2.45) is 5.73 Å². The topological polar surface area (TPSA) is 118 Å². The van der Waals surface area contributed by atoms with Crippen molar-refractivity contribution in [2.45, 2.75) is 6.92 Å². The smallest absolute Gasteiger partial charge is 0.412 e. The summed E-state index contributed by atoms with van der Waals surface area (Å²) in [6.45, 7) is 1.85. The number of aryl methyl sites for hydroxylation is 1. The first-order chi connectivity index (χ1) is 9.95. The Labute approximate surface area is 120 Å². The number of ether oxygens (including phenoxy) is 2. The molecule has 21 heavy (non-hydrogen) atoms. The van der Waals surface area contributed by atoms with E-state index >= 15 is 0 Å².